The van der Waals surface area contributed by atoms with Crippen LogP contribution in [0.25, 0.3) is 17.4 Å². The van der Waals surface area contributed by atoms with E-state index in [2.05, 4.69) is 47.6 Å². The van der Waals surface area contributed by atoms with Crippen LogP contribution in [0.2, 0.25) is 0 Å². The third-order valence-corrected chi connectivity index (χ3v) is 13.0. The first-order valence-corrected chi connectivity index (χ1v) is 22.5. The van der Waals surface area contributed by atoms with Crippen LogP contribution >= 0.6 is 0 Å². The molecular formula is C51H66CuN4O5. The van der Waals surface area contributed by atoms with Gasteiger partial charge in [-0.15, -0.1) is 16.8 Å². The van der Waals surface area contributed by atoms with E-state index in [0.717, 1.165) is 82.8 Å². The van der Waals surface area contributed by atoms with Crippen molar-refractivity contribution in [1.29, 1.82) is 0 Å². The Hall–Kier alpha value is -4.27. The van der Waals surface area contributed by atoms with Gasteiger partial charge in [-0.3, -0.25) is 14.6 Å². The molecule has 0 saturated heterocycles. The second-order valence-electron chi connectivity index (χ2n) is 18.4. The summed E-state index contributed by atoms with van der Waals surface area (Å²) in [5, 5.41) is 15.1. The van der Waals surface area contributed by atoms with Gasteiger partial charge in [-0.05, 0) is 116 Å². The molecule has 6 rings (SSSR count). The maximum absolute atomic E-state index is 14.2. The Morgan fingerprint density at radius 2 is 1.52 bits per heavy atom. The van der Waals surface area contributed by atoms with Gasteiger partial charge in [-0.25, -0.2) is 9.98 Å². The van der Waals surface area contributed by atoms with Gasteiger partial charge in [0.2, 0.25) is 0 Å². The van der Waals surface area contributed by atoms with E-state index in [0.29, 0.717) is 45.4 Å². The molecule has 61 heavy (non-hydrogen) atoms. The Labute approximate surface area is 374 Å². The Balaban J connectivity index is 0.00000704. The van der Waals surface area contributed by atoms with Crippen molar-refractivity contribution in [3.05, 3.63) is 86.2 Å². The van der Waals surface area contributed by atoms with E-state index in [1.807, 2.05) is 45.1 Å². The number of allylic oxidation sites excluding steroid dienone is 8. The molecule has 9 nitrogen and oxygen atoms in total. The average Bonchev–Trinajstić information content (AvgIpc) is 3.98. The summed E-state index contributed by atoms with van der Waals surface area (Å²) < 4.78 is 10.9. The summed E-state index contributed by atoms with van der Waals surface area (Å²) in [6.45, 7) is 19.5. The Bertz CT molecular complexity index is 2280. The first-order chi connectivity index (χ1) is 28.7. The van der Waals surface area contributed by atoms with Crippen LogP contribution in [0, 0.1) is 42.4 Å². The van der Waals surface area contributed by atoms with E-state index < -0.39 is 11.9 Å². The number of esters is 2. The molecular weight excluding hydrogens is 812 g/mol. The van der Waals surface area contributed by atoms with Crippen molar-refractivity contribution in [3.63, 3.8) is 0 Å². The van der Waals surface area contributed by atoms with Crippen LogP contribution in [0.1, 0.15) is 144 Å². The van der Waals surface area contributed by atoms with Crippen molar-refractivity contribution in [3.8, 4) is 0 Å². The van der Waals surface area contributed by atoms with Crippen LogP contribution < -0.4 is 20.7 Å². The number of carbonyl (C=O) groups excluding carboxylic acids is 2. The molecule has 0 amide bonds. The predicted octanol–water partition coefficient (Wildman–Crippen LogP) is 9.06. The second-order valence-corrected chi connectivity index (χ2v) is 18.4. The van der Waals surface area contributed by atoms with E-state index in [1.165, 1.54) is 45.6 Å². The molecule has 8 bridgehead atoms. The Kier molecular flexibility index (Phi) is 16.6. The number of hydrogen-bond acceptors (Lipinski definition) is 8. The summed E-state index contributed by atoms with van der Waals surface area (Å²) in [5.41, 5.74) is 9.41. The summed E-state index contributed by atoms with van der Waals surface area (Å²) in [7, 11) is 1.29. The van der Waals surface area contributed by atoms with E-state index in [1.54, 1.807) is 6.26 Å². The third kappa shape index (κ3) is 11.2. The number of aliphatic imine (C=N–C) groups is 3. The van der Waals surface area contributed by atoms with Crippen LogP contribution in [-0.2, 0) is 36.1 Å². The van der Waals surface area contributed by atoms with E-state index in [4.69, 9.17) is 29.4 Å². The number of aromatic nitrogens is 1. The molecule has 1 aromatic heterocycles. The molecule has 4 aliphatic heterocycles. The zero-order chi connectivity index (χ0) is 43.2. The van der Waals surface area contributed by atoms with Gasteiger partial charge in [0, 0.05) is 29.7 Å². The van der Waals surface area contributed by atoms with Gasteiger partial charge in [0.25, 0.3) is 0 Å². The normalized spacial score (nSPS) is 21.5. The standard InChI is InChI=1S/C51H67N4O5.Cu/c1-11-36-24-38-25-40-33(7)23-37(52-40)26-41-34(8)39(21-22-44(56)60-28-32(6)20-14-19-31(5)18-13-17-30(4)16-12-15-29(2)3)48(54-41)46-47(51(58)59-10)50(57)45-35(9)42(55-49(45)46)27-43(36)53-38;/h23-31,34,39,47H,11-22H2,1-10H3,(H-,52,53,54,55,57);/q-1;+2/p-1/b32-28+;/t30?,31?,34-,39-,47?;/m0./s1. The van der Waals surface area contributed by atoms with Crippen LogP contribution in [0.5, 0.6) is 0 Å². The Morgan fingerprint density at radius 1 is 0.869 bits per heavy atom. The molecule has 0 aromatic carbocycles. The largest absolute Gasteiger partial charge is 2.00 e. The second kappa shape index (κ2) is 21.2. The van der Waals surface area contributed by atoms with Crippen molar-refractivity contribution < 1.29 is 41.2 Å². The molecule has 0 fully saturated rings. The summed E-state index contributed by atoms with van der Waals surface area (Å²) in [5.74, 6) is -0.705. The van der Waals surface area contributed by atoms with Crippen molar-refractivity contribution in [1.82, 2.24) is 4.98 Å². The quantitative estimate of drug-likeness (QED) is 0.0823. The van der Waals surface area contributed by atoms with E-state index in [9.17, 15) is 14.7 Å². The summed E-state index contributed by atoms with van der Waals surface area (Å²) in [6, 6.07) is 0. The number of carbonyl (C=O) groups is 2. The van der Waals surface area contributed by atoms with Crippen molar-refractivity contribution >= 4 is 46.5 Å². The van der Waals surface area contributed by atoms with Gasteiger partial charge in [0.1, 0.15) is 0 Å². The molecule has 1 radical (unpaired) electrons. The zero-order valence-corrected chi connectivity index (χ0v) is 39.0. The van der Waals surface area contributed by atoms with E-state index in [-0.39, 0.29) is 47.1 Å². The molecule has 5 heterocycles. The van der Waals surface area contributed by atoms with Gasteiger partial charge >= 0.3 is 29.0 Å². The number of ether oxygens (including phenoxy) is 2. The monoisotopic (exact) mass is 877 g/mol. The van der Waals surface area contributed by atoms with Crippen LogP contribution in [-0.4, -0.2) is 36.2 Å². The molecule has 331 valence electrons. The van der Waals surface area contributed by atoms with Crippen molar-refractivity contribution in [2.24, 2.45) is 50.5 Å². The third-order valence-electron chi connectivity index (χ3n) is 13.0. The minimum Gasteiger partial charge on any atom is -0.874 e. The van der Waals surface area contributed by atoms with E-state index >= 15 is 0 Å². The number of hydrogen-bond donors (Lipinski definition) is 0. The van der Waals surface area contributed by atoms with Gasteiger partial charge in [-0.2, -0.15) is 0 Å². The zero-order valence-electron chi connectivity index (χ0n) is 38.0. The molecule has 0 N–H and O–H groups in total. The summed E-state index contributed by atoms with van der Waals surface area (Å²) in [4.78, 5) is 46.9. The molecule has 3 unspecified atom stereocenters. The molecule has 1 aliphatic carbocycles. The van der Waals surface area contributed by atoms with Gasteiger partial charge in [0.05, 0.1) is 42.1 Å². The fourth-order valence-corrected chi connectivity index (χ4v) is 9.24. The first kappa shape index (κ1) is 47.8. The maximum atomic E-state index is 14.2. The number of nitrogens with zero attached hydrogens (tertiary/aromatic N) is 4. The fourth-order valence-electron chi connectivity index (χ4n) is 9.24. The SMILES string of the molecule is CCC1=CC2=NC1=Cc1[n-]c3c(c1C)=C([O-])C(C(=O)OC)C=3C1=NC(=CC3=NC(=C2)C(C)=C3)[C@@H](C)[C@@H]1CCC(=O)O/C=C(\C)CCCC(C)CCCC(C)CCCC(C)C.[Cu+2]. The first-order valence-electron chi connectivity index (χ1n) is 22.5. The van der Waals surface area contributed by atoms with Crippen molar-refractivity contribution in [2.45, 2.75) is 139 Å². The Morgan fingerprint density at radius 3 is 2.20 bits per heavy atom. The molecule has 0 spiro atoms. The van der Waals surface area contributed by atoms with Crippen LogP contribution in [0.3, 0.4) is 0 Å². The predicted molar refractivity (Wildman–Crippen MR) is 241 cm³/mol. The van der Waals surface area contributed by atoms with Crippen LogP contribution in [0.15, 0.2) is 79.4 Å². The minimum atomic E-state index is -1.20. The van der Waals surface area contributed by atoms with Gasteiger partial charge < -0.3 is 19.6 Å². The molecule has 5 atom stereocenters. The maximum Gasteiger partial charge on any atom is 2.00 e. The average molecular weight is 879 g/mol. The summed E-state index contributed by atoms with van der Waals surface area (Å²) >= 11 is 0. The number of methoxy groups -OCH3 is 1. The molecule has 0 saturated carbocycles. The molecule has 1 aromatic rings. The fraction of sp³-hybridized carbons (Fsp3) is 0.549. The smallest absolute Gasteiger partial charge is 0.874 e. The van der Waals surface area contributed by atoms with Gasteiger partial charge in [-0.1, -0.05) is 98.1 Å². The number of rotatable bonds is 18. The van der Waals surface area contributed by atoms with Crippen molar-refractivity contribution in [2.75, 3.05) is 7.11 Å². The topological polar surface area (TPSA) is 127 Å². The van der Waals surface area contributed by atoms with Gasteiger partial charge in [0.15, 0.2) is 0 Å². The molecule has 5 aliphatic rings. The molecule has 10 heteroatoms. The van der Waals surface area contributed by atoms with Crippen LogP contribution in [0.4, 0.5) is 0 Å². The number of fused-ring (bicyclic) bond motifs is 5. The summed E-state index contributed by atoms with van der Waals surface area (Å²) in [6.07, 6.45) is 23.9. The minimum absolute atomic E-state index is 0.